The largest absolute Gasteiger partial charge is 0.399 e. The van der Waals surface area contributed by atoms with Gasteiger partial charge in [-0.15, -0.1) is 0 Å². The Kier molecular flexibility index (Phi) is 2.93. The fraction of sp³-hybridized carbons (Fsp3) is 0.188. The molecule has 0 saturated carbocycles. The first-order valence-corrected chi connectivity index (χ1v) is 6.54. The van der Waals surface area contributed by atoms with Crippen LogP contribution in [0, 0.1) is 5.82 Å². The van der Waals surface area contributed by atoms with Crippen molar-refractivity contribution in [3.8, 4) is 0 Å². The Balaban J connectivity index is 2.05. The van der Waals surface area contributed by atoms with Crippen molar-refractivity contribution in [2.24, 2.45) is 0 Å². The van der Waals surface area contributed by atoms with Gasteiger partial charge >= 0.3 is 0 Å². The average molecular weight is 270 g/mol. The van der Waals surface area contributed by atoms with Gasteiger partial charge in [0, 0.05) is 17.4 Å². The molecule has 1 amide bonds. The Labute approximate surface area is 116 Å². The fourth-order valence-corrected chi connectivity index (χ4v) is 2.71. The summed E-state index contributed by atoms with van der Waals surface area (Å²) in [6.07, 6.45) is 0.784. The molecule has 1 aliphatic heterocycles. The lowest BCUT2D eigenvalue weighted by molar-refractivity contribution is 0.0977. The van der Waals surface area contributed by atoms with Crippen molar-refractivity contribution in [2.45, 2.75) is 19.4 Å². The van der Waals surface area contributed by atoms with Crippen LogP contribution < -0.4 is 10.6 Å². The molecule has 0 radical (unpaired) electrons. The smallest absolute Gasteiger partial charge is 0.261 e. The van der Waals surface area contributed by atoms with Gasteiger partial charge in [-0.1, -0.05) is 18.2 Å². The monoisotopic (exact) mass is 270 g/mol. The van der Waals surface area contributed by atoms with Crippen LogP contribution in [-0.4, -0.2) is 11.9 Å². The molecule has 4 heteroatoms. The minimum absolute atomic E-state index is 0.0146. The number of benzene rings is 2. The number of anilines is 2. The van der Waals surface area contributed by atoms with Crippen LogP contribution in [0.4, 0.5) is 15.8 Å². The van der Waals surface area contributed by atoms with Crippen LogP contribution in [-0.2, 0) is 6.42 Å². The van der Waals surface area contributed by atoms with Gasteiger partial charge in [0.15, 0.2) is 0 Å². The highest BCUT2D eigenvalue weighted by molar-refractivity contribution is 6.08. The normalized spacial score (nSPS) is 17.1. The van der Waals surface area contributed by atoms with E-state index in [0.29, 0.717) is 5.69 Å². The number of nitrogens with zero attached hydrogens (tertiary/aromatic N) is 1. The van der Waals surface area contributed by atoms with Gasteiger partial charge in [0.05, 0.1) is 5.56 Å². The van der Waals surface area contributed by atoms with Crippen LogP contribution in [0.1, 0.15) is 22.8 Å². The number of nitrogens with two attached hydrogens (primary N) is 1. The van der Waals surface area contributed by atoms with Gasteiger partial charge in [-0.2, -0.15) is 0 Å². The van der Waals surface area contributed by atoms with Crippen molar-refractivity contribution in [2.75, 3.05) is 10.6 Å². The van der Waals surface area contributed by atoms with Gasteiger partial charge in [0.1, 0.15) is 5.82 Å². The Hall–Kier alpha value is -2.36. The van der Waals surface area contributed by atoms with Crippen LogP contribution in [0.25, 0.3) is 0 Å². The molecule has 0 bridgehead atoms. The Morgan fingerprint density at radius 2 is 2.05 bits per heavy atom. The second-order valence-corrected chi connectivity index (χ2v) is 5.10. The summed E-state index contributed by atoms with van der Waals surface area (Å²) in [5.41, 5.74) is 8.02. The molecular formula is C16H15FN2O. The van der Waals surface area contributed by atoms with Gasteiger partial charge in [-0.05, 0) is 43.2 Å². The van der Waals surface area contributed by atoms with E-state index in [0.717, 1.165) is 17.7 Å². The van der Waals surface area contributed by atoms with E-state index in [2.05, 4.69) is 0 Å². The molecule has 3 rings (SSSR count). The molecule has 20 heavy (non-hydrogen) atoms. The summed E-state index contributed by atoms with van der Waals surface area (Å²) < 4.78 is 13.9. The standard InChI is InChI=1S/C16H15FN2O/c1-10-8-11-4-2-3-5-15(11)19(10)16(20)13-9-12(18)6-7-14(13)17/h2-7,9-10H,8,18H2,1H3. The van der Waals surface area contributed by atoms with E-state index >= 15 is 0 Å². The second kappa shape index (κ2) is 4.63. The highest BCUT2D eigenvalue weighted by atomic mass is 19.1. The Morgan fingerprint density at radius 3 is 2.85 bits per heavy atom. The number of hydrogen-bond acceptors (Lipinski definition) is 2. The molecule has 0 saturated heterocycles. The number of carbonyl (C=O) groups excluding carboxylic acids is 1. The van der Waals surface area contributed by atoms with E-state index in [1.807, 2.05) is 31.2 Å². The second-order valence-electron chi connectivity index (χ2n) is 5.10. The Bertz CT molecular complexity index is 684. The van der Waals surface area contributed by atoms with Crippen LogP contribution in [0.5, 0.6) is 0 Å². The van der Waals surface area contributed by atoms with Gasteiger partial charge < -0.3 is 10.6 Å². The average Bonchev–Trinajstić information content (AvgIpc) is 2.76. The first-order chi connectivity index (χ1) is 9.58. The molecule has 3 nitrogen and oxygen atoms in total. The van der Waals surface area contributed by atoms with E-state index in [9.17, 15) is 9.18 Å². The molecule has 102 valence electrons. The molecule has 2 N–H and O–H groups in total. The minimum atomic E-state index is -0.541. The number of para-hydroxylation sites is 1. The lowest BCUT2D eigenvalue weighted by Gasteiger charge is -2.23. The van der Waals surface area contributed by atoms with E-state index < -0.39 is 5.82 Å². The van der Waals surface area contributed by atoms with Crippen molar-refractivity contribution in [3.05, 3.63) is 59.4 Å². The topological polar surface area (TPSA) is 46.3 Å². The highest BCUT2D eigenvalue weighted by Gasteiger charge is 2.32. The molecule has 0 spiro atoms. The molecule has 1 aliphatic rings. The number of hydrogen-bond donors (Lipinski definition) is 1. The summed E-state index contributed by atoms with van der Waals surface area (Å²) >= 11 is 0. The van der Waals surface area contributed by atoms with Crippen LogP contribution >= 0.6 is 0 Å². The number of rotatable bonds is 1. The molecule has 0 aromatic heterocycles. The lowest BCUT2D eigenvalue weighted by Crippen LogP contribution is -2.36. The lowest BCUT2D eigenvalue weighted by atomic mass is 10.1. The third kappa shape index (κ3) is 1.93. The summed E-state index contributed by atoms with van der Waals surface area (Å²) in [6, 6.07) is 11.8. The van der Waals surface area contributed by atoms with E-state index in [4.69, 9.17) is 5.73 Å². The van der Waals surface area contributed by atoms with Gasteiger partial charge in [-0.3, -0.25) is 4.79 Å². The zero-order chi connectivity index (χ0) is 14.3. The quantitative estimate of drug-likeness (QED) is 0.810. The summed E-state index contributed by atoms with van der Waals surface area (Å²) in [5, 5.41) is 0. The van der Waals surface area contributed by atoms with Crippen LogP contribution in [0.3, 0.4) is 0 Å². The number of fused-ring (bicyclic) bond motifs is 1. The van der Waals surface area contributed by atoms with E-state index in [1.54, 1.807) is 4.90 Å². The van der Waals surface area contributed by atoms with Gasteiger partial charge in [-0.25, -0.2) is 4.39 Å². The molecule has 1 unspecified atom stereocenters. The summed E-state index contributed by atoms with van der Waals surface area (Å²) in [7, 11) is 0. The maximum atomic E-state index is 13.9. The Morgan fingerprint density at radius 1 is 1.30 bits per heavy atom. The van der Waals surface area contributed by atoms with E-state index in [1.165, 1.54) is 18.2 Å². The van der Waals surface area contributed by atoms with Gasteiger partial charge in [0.2, 0.25) is 0 Å². The predicted octanol–water partition coefficient (Wildman–Crippen LogP) is 3.00. The third-order valence-corrected chi connectivity index (χ3v) is 3.65. The first kappa shape index (κ1) is 12.7. The molecule has 2 aromatic carbocycles. The summed E-state index contributed by atoms with van der Waals surface area (Å²) in [5.74, 6) is -0.881. The van der Waals surface area contributed by atoms with E-state index in [-0.39, 0.29) is 17.5 Å². The molecule has 0 fully saturated rings. The van der Waals surface area contributed by atoms with Crippen molar-refractivity contribution in [3.63, 3.8) is 0 Å². The SMILES string of the molecule is CC1Cc2ccccc2N1C(=O)c1cc(N)ccc1F. The zero-order valence-electron chi connectivity index (χ0n) is 11.1. The van der Waals surface area contributed by atoms with Crippen LogP contribution in [0.2, 0.25) is 0 Å². The number of amides is 1. The van der Waals surface area contributed by atoms with Gasteiger partial charge in [0.25, 0.3) is 5.91 Å². The first-order valence-electron chi connectivity index (χ1n) is 6.54. The summed E-state index contributed by atoms with van der Waals surface area (Å²) in [4.78, 5) is 14.3. The number of nitrogen functional groups attached to an aromatic ring is 1. The molecule has 1 atom stereocenters. The minimum Gasteiger partial charge on any atom is -0.399 e. The van der Waals surface area contributed by atoms with Crippen molar-refractivity contribution < 1.29 is 9.18 Å². The van der Waals surface area contributed by atoms with Crippen molar-refractivity contribution >= 4 is 17.3 Å². The molecule has 2 aromatic rings. The summed E-state index contributed by atoms with van der Waals surface area (Å²) in [6.45, 7) is 1.96. The van der Waals surface area contributed by atoms with Crippen molar-refractivity contribution in [1.82, 2.24) is 0 Å². The zero-order valence-corrected chi connectivity index (χ0v) is 11.1. The number of halogens is 1. The molecular weight excluding hydrogens is 255 g/mol. The third-order valence-electron chi connectivity index (χ3n) is 3.65. The maximum absolute atomic E-state index is 13.9. The predicted molar refractivity (Wildman–Crippen MR) is 77.2 cm³/mol. The molecule has 1 heterocycles. The maximum Gasteiger partial charge on any atom is 0.261 e. The van der Waals surface area contributed by atoms with Crippen LogP contribution in [0.15, 0.2) is 42.5 Å². The highest BCUT2D eigenvalue weighted by Crippen LogP contribution is 2.33. The molecule has 0 aliphatic carbocycles. The fourth-order valence-electron chi connectivity index (χ4n) is 2.71. The van der Waals surface area contributed by atoms with Crippen molar-refractivity contribution in [1.29, 1.82) is 0 Å². The number of carbonyl (C=O) groups is 1.